The van der Waals surface area contributed by atoms with Crippen LogP contribution in [0.2, 0.25) is 0 Å². The largest absolute Gasteiger partial charge is 0.481 e. The van der Waals surface area contributed by atoms with E-state index < -0.39 is 5.97 Å². The standard InChI is InChI=1S/C25H30N4O3/c30-25(31)21-5-2-1-4-20(21)19-9-7-18(8-10-19)16-29-23(17-28-12-14-32-15-13-28)27-22-6-3-11-26-24(22)29/h3,6-11,20-21H,1-2,4-5,12-17H2,(H,30,31)/t20-,21+/m0/s1. The highest BCUT2D eigenvalue weighted by Gasteiger charge is 2.31. The van der Waals surface area contributed by atoms with Gasteiger partial charge in [-0.05, 0) is 42.0 Å². The lowest BCUT2D eigenvalue weighted by atomic mass is 9.75. The number of aliphatic carboxylic acids is 1. The lowest BCUT2D eigenvalue weighted by molar-refractivity contribution is -0.143. The van der Waals surface area contributed by atoms with E-state index in [9.17, 15) is 9.90 Å². The van der Waals surface area contributed by atoms with Crippen molar-refractivity contribution in [3.05, 3.63) is 59.5 Å². The first-order chi connectivity index (χ1) is 15.7. The van der Waals surface area contributed by atoms with Crippen LogP contribution in [0.1, 0.15) is 48.6 Å². The first kappa shape index (κ1) is 21.1. The van der Waals surface area contributed by atoms with Gasteiger partial charge in [0.05, 0.1) is 32.2 Å². The lowest BCUT2D eigenvalue weighted by Gasteiger charge is -2.29. The van der Waals surface area contributed by atoms with Crippen LogP contribution in [0.25, 0.3) is 11.2 Å². The van der Waals surface area contributed by atoms with Crippen LogP contribution < -0.4 is 0 Å². The van der Waals surface area contributed by atoms with Crippen molar-refractivity contribution in [3.8, 4) is 0 Å². The Labute approximate surface area is 188 Å². The maximum Gasteiger partial charge on any atom is 0.307 e. The Hall–Kier alpha value is -2.77. The zero-order valence-corrected chi connectivity index (χ0v) is 18.3. The van der Waals surface area contributed by atoms with Crippen LogP contribution in [0.15, 0.2) is 42.6 Å². The minimum Gasteiger partial charge on any atom is -0.481 e. The average molecular weight is 435 g/mol. The van der Waals surface area contributed by atoms with Crippen LogP contribution >= 0.6 is 0 Å². The molecular weight excluding hydrogens is 404 g/mol. The third-order valence-corrected chi connectivity index (χ3v) is 6.88. The summed E-state index contributed by atoms with van der Waals surface area (Å²) < 4.78 is 7.70. The van der Waals surface area contributed by atoms with Gasteiger partial charge in [-0.3, -0.25) is 9.69 Å². The lowest BCUT2D eigenvalue weighted by Crippen LogP contribution is -2.36. The number of carboxylic acid groups (broad SMARTS) is 1. The Balaban J connectivity index is 1.39. The van der Waals surface area contributed by atoms with Gasteiger partial charge in [0.15, 0.2) is 5.65 Å². The Morgan fingerprint density at radius 1 is 1.06 bits per heavy atom. The molecule has 0 radical (unpaired) electrons. The Kier molecular flexibility index (Phi) is 6.19. The highest BCUT2D eigenvalue weighted by atomic mass is 16.5. The molecule has 3 heterocycles. The number of aromatic nitrogens is 3. The summed E-state index contributed by atoms with van der Waals surface area (Å²) >= 11 is 0. The van der Waals surface area contributed by atoms with E-state index in [4.69, 9.17) is 9.72 Å². The van der Waals surface area contributed by atoms with Crippen LogP contribution in [-0.2, 0) is 22.6 Å². The second-order valence-corrected chi connectivity index (χ2v) is 8.93. The maximum atomic E-state index is 11.7. The number of ether oxygens (including phenoxy) is 1. The molecule has 0 unspecified atom stereocenters. The summed E-state index contributed by atoms with van der Waals surface area (Å²) in [5.41, 5.74) is 4.13. The van der Waals surface area contributed by atoms with E-state index in [0.717, 1.165) is 81.1 Å². The minimum absolute atomic E-state index is 0.114. The minimum atomic E-state index is -0.664. The Morgan fingerprint density at radius 2 is 1.84 bits per heavy atom. The van der Waals surface area contributed by atoms with Gasteiger partial charge in [0, 0.05) is 19.3 Å². The number of morpholine rings is 1. The third kappa shape index (κ3) is 4.40. The number of carbonyl (C=O) groups is 1. The van der Waals surface area contributed by atoms with Crippen molar-refractivity contribution in [2.24, 2.45) is 5.92 Å². The van der Waals surface area contributed by atoms with Crippen LogP contribution in [0.4, 0.5) is 0 Å². The number of carboxylic acids is 1. The Morgan fingerprint density at radius 3 is 2.62 bits per heavy atom. The molecule has 1 aromatic carbocycles. The number of fused-ring (bicyclic) bond motifs is 1. The fourth-order valence-electron chi connectivity index (χ4n) is 5.13. The molecular formula is C25H30N4O3. The number of hydrogen-bond donors (Lipinski definition) is 1. The fourth-order valence-corrected chi connectivity index (χ4v) is 5.13. The first-order valence-corrected chi connectivity index (χ1v) is 11.6. The van der Waals surface area contributed by atoms with Gasteiger partial charge in [0.25, 0.3) is 0 Å². The average Bonchev–Trinajstić information content (AvgIpc) is 3.17. The quantitative estimate of drug-likeness (QED) is 0.638. The normalized spacial score (nSPS) is 22.2. The van der Waals surface area contributed by atoms with Crippen molar-refractivity contribution in [2.45, 2.75) is 44.7 Å². The molecule has 2 aromatic heterocycles. The van der Waals surface area contributed by atoms with Gasteiger partial charge in [-0.2, -0.15) is 0 Å². The Bertz CT molecular complexity index is 1070. The maximum absolute atomic E-state index is 11.7. The predicted octanol–water partition coefficient (Wildman–Crippen LogP) is 3.67. The van der Waals surface area contributed by atoms with E-state index in [1.54, 1.807) is 0 Å². The SMILES string of the molecule is O=C(O)[C@@H]1CCCC[C@H]1c1ccc(Cn2c(CN3CCOCC3)nc3cccnc32)cc1. The van der Waals surface area contributed by atoms with Gasteiger partial charge >= 0.3 is 5.97 Å². The van der Waals surface area contributed by atoms with Crippen molar-refractivity contribution in [3.63, 3.8) is 0 Å². The summed E-state index contributed by atoms with van der Waals surface area (Å²) in [6.45, 7) is 4.83. The topological polar surface area (TPSA) is 80.5 Å². The van der Waals surface area contributed by atoms with Crippen molar-refractivity contribution in [2.75, 3.05) is 26.3 Å². The number of benzene rings is 1. The molecule has 32 heavy (non-hydrogen) atoms. The first-order valence-electron chi connectivity index (χ1n) is 11.6. The van der Waals surface area contributed by atoms with Crippen molar-refractivity contribution in [1.29, 1.82) is 0 Å². The van der Waals surface area contributed by atoms with Gasteiger partial charge in [-0.1, -0.05) is 37.1 Å². The summed E-state index contributed by atoms with van der Waals surface area (Å²) in [6.07, 6.45) is 5.67. The molecule has 1 saturated heterocycles. The van der Waals surface area contributed by atoms with Crippen LogP contribution in [0, 0.1) is 5.92 Å². The molecule has 2 aliphatic rings. The van der Waals surface area contributed by atoms with Gasteiger partial charge in [-0.15, -0.1) is 0 Å². The van der Waals surface area contributed by atoms with Crippen molar-refractivity contribution < 1.29 is 14.6 Å². The highest BCUT2D eigenvalue weighted by molar-refractivity contribution is 5.72. The molecule has 3 aromatic rings. The van der Waals surface area contributed by atoms with Crippen LogP contribution in [0.3, 0.4) is 0 Å². The van der Waals surface area contributed by atoms with E-state index in [1.807, 2.05) is 18.3 Å². The number of hydrogen-bond acceptors (Lipinski definition) is 5. The molecule has 7 nitrogen and oxygen atoms in total. The molecule has 1 aliphatic heterocycles. The van der Waals surface area contributed by atoms with Gasteiger partial charge < -0.3 is 14.4 Å². The zero-order chi connectivity index (χ0) is 21.9. The fraction of sp³-hybridized carbons (Fsp3) is 0.480. The smallest absolute Gasteiger partial charge is 0.307 e. The van der Waals surface area contributed by atoms with E-state index in [2.05, 4.69) is 38.7 Å². The number of nitrogens with zero attached hydrogens (tertiary/aromatic N) is 4. The van der Waals surface area contributed by atoms with Gasteiger partial charge in [-0.25, -0.2) is 9.97 Å². The van der Waals surface area contributed by atoms with Crippen molar-refractivity contribution >= 4 is 17.1 Å². The molecule has 0 amide bonds. The molecule has 168 valence electrons. The molecule has 2 fully saturated rings. The molecule has 1 aliphatic carbocycles. The van der Waals surface area contributed by atoms with Gasteiger partial charge in [0.1, 0.15) is 11.3 Å². The second-order valence-electron chi connectivity index (χ2n) is 8.93. The predicted molar refractivity (Wildman–Crippen MR) is 122 cm³/mol. The summed E-state index contributed by atoms with van der Waals surface area (Å²) in [7, 11) is 0. The molecule has 5 rings (SSSR count). The molecule has 0 bridgehead atoms. The summed E-state index contributed by atoms with van der Waals surface area (Å²) in [5.74, 6) is 0.199. The van der Waals surface area contributed by atoms with Crippen molar-refractivity contribution in [1.82, 2.24) is 19.4 Å². The molecule has 2 atom stereocenters. The van der Waals surface area contributed by atoms with Crippen LogP contribution in [0.5, 0.6) is 0 Å². The second kappa shape index (κ2) is 9.38. The van der Waals surface area contributed by atoms with Crippen LogP contribution in [-0.4, -0.2) is 56.8 Å². The highest BCUT2D eigenvalue weighted by Crippen LogP contribution is 2.38. The number of pyridine rings is 1. The van der Waals surface area contributed by atoms with E-state index in [0.29, 0.717) is 6.54 Å². The zero-order valence-electron chi connectivity index (χ0n) is 18.3. The number of imidazole rings is 1. The van der Waals surface area contributed by atoms with E-state index in [-0.39, 0.29) is 11.8 Å². The summed E-state index contributed by atoms with van der Waals surface area (Å²) in [5, 5.41) is 9.63. The molecule has 1 saturated carbocycles. The third-order valence-electron chi connectivity index (χ3n) is 6.88. The summed E-state index contributed by atoms with van der Waals surface area (Å²) in [6, 6.07) is 12.5. The number of rotatable bonds is 6. The molecule has 0 spiro atoms. The monoisotopic (exact) mass is 434 g/mol. The van der Waals surface area contributed by atoms with E-state index >= 15 is 0 Å². The van der Waals surface area contributed by atoms with Gasteiger partial charge in [0.2, 0.25) is 0 Å². The van der Waals surface area contributed by atoms with E-state index in [1.165, 1.54) is 5.56 Å². The molecule has 7 heteroatoms. The molecule has 1 N–H and O–H groups in total. The summed E-state index contributed by atoms with van der Waals surface area (Å²) in [4.78, 5) is 23.6.